The Morgan fingerprint density at radius 1 is 0.968 bits per heavy atom. The van der Waals surface area contributed by atoms with Gasteiger partial charge in [0.25, 0.3) is 5.91 Å². The molecule has 31 heavy (non-hydrogen) atoms. The highest BCUT2D eigenvalue weighted by atomic mass is 16.2. The van der Waals surface area contributed by atoms with Crippen molar-refractivity contribution in [3.05, 3.63) is 71.3 Å². The van der Waals surface area contributed by atoms with Crippen LogP contribution >= 0.6 is 0 Å². The number of carbonyl (C=O) groups is 4. The van der Waals surface area contributed by atoms with Gasteiger partial charge in [-0.1, -0.05) is 23.8 Å². The summed E-state index contributed by atoms with van der Waals surface area (Å²) in [5.74, 6) is -0.848. The first kappa shape index (κ1) is 19.4. The van der Waals surface area contributed by atoms with Crippen molar-refractivity contribution in [3.63, 3.8) is 0 Å². The van der Waals surface area contributed by atoms with Gasteiger partial charge in [-0.05, 0) is 68.5 Å². The number of amides is 3. The summed E-state index contributed by atoms with van der Waals surface area (Å²) in [6.07, 6.45) is 3.05. The third kappa shape index (κ3) is 3.02. The van der Waals surface area contributed by atoms with E-state index in [4.69, 9.17) is 0 Å². The molecule has 1 saturated carbocycles. The topological polar surface area (TPSA) is 83.6 Å². The molecule has 6 heteroatoms. The van der Waals surface area contributed by atoms with Crippen LogP contribution in [0.3, 0.4) is 0 Å². The number of rotatable bonds is 4. The van der Waals surface area contributed by atoms with Gasteiger partial charge in [-0.2, -0.15) is 0 Å². The van der Waals surface area contributed by atoms with Crippen molar-refractivity contribution in [2.24, 2.45) is 23.7 Å². The fraction of sp³-hybridized carbons (Fsp3) is 0.280. The Kier molecular flexibility index (Phi) is 4.39. The summed E-state index contributed by atoms with van der Waals surface area (Å²) in [6.45, 7) is 3.51. The number of Topliss-reactive ketones (excluding diaryl/α,β-unsaturated/α-hetero) is 1. The number of imide groups is 1. The van der Waals surface area contributed by atoms with Crippen molar-refractivity contribution in [1.82, 2.24) is 0 Å². The van der Waals surface area contributed by atoms with E-state index in [0.29, 0.717) is 22.5 Å². The highest BCUT2D eigenvalue weighted by Gasteiger charge is 2.60. The van der Waals surface area contributed by atoms with Crippen LogP contribution < -0.4 is 10.2 Å². The molecule has 1 aliphatic heterocycles. The predicted molar refractivity (Wildman–Crippen MR) is 116 cm³/mol. The SMILES string of the molecule is CC(=O)c1cccc(NC(=O)c2ccc(N3C(=O)[C@H]4[C@H](C3=O)[C@@H]3C[C@H]4C=C3C)cc2)c1. The van der Waals surface area contributed by atoms with Crippen LogP contribution in [0.2, 0.25) is 0 Å². The number of hydrogen-bond donors (Lipinski definition) is 1. The lowest BCUT2D eigenvalue weighted by Gasteiger charge is -2.19. The van der Waals surface area contributed by atoms with Crippen molar-refractivity contribution in [3.8, 4) is 0 Å². The molecule has 156 valence electrons. The van der Waals surface area contributed by atoms with Gasteiger partial charge in [-0.15, -0.1) is 0 Å². The molecule has 0 aromatic heterocycles. The van der Waals surface area contributed by atoms with E-state index in [2.05, 4.69) is 11.4 Å². The van der Waals surface area contributed by atoms with Gasteiger partial charge in [0.1, 0.15) is 0 Å². The normalized spacial score (nSPS) is 26.1. The maximum absolute atomic E-state index is 13.1. The van der Waals surface area contributed by atoms with Crippen LogP contribution in [0.1, 0.15) is 41.0 Å². The molecule has 0 unspecified atom stereocenters. The molecular weight excluding hydrogens is 392 g/mol. The first-order valence-electron chi connectivity index (χ1n) is 10.4. The molecule has 2 aromatic carbocycles. The first-order valence-corrected chi connectivity index (χ1v) is 10.4. The number of carbonyl (C=O) groups excluding carboxylic acids is 4. The molecule has 5 rings (SSSR count). The molecule has 2 fully saturated rings. The monoisotopic (exact) mass is 414 g/mol. The molecule has 6 nitrogen and oxygen atoms in total. The van der Waals surface area contributed by atoms with Crippen molar-refractivity contribution < 1.29 is 19.2 Å². The summed E-state index contributed by atoms with van der Waals surface area (Å²) in [5.41, 5.74) is 3.15. The highest BCUT2D eigenvalue weighted by molar-refractivity contribution is 6.23. The van der Waals surface area contributed by atoms with Gasteiger partial charge < -0.3 is 5.32 Å². The van der Waals surface area contributed by atoms with Crippen LogP contribution in [0, 0.1) is 23.7 Å². The average Bonchev–Trinajstić information content (AvgIpc) is 3.38. The number of nitrogens with one attached hydrogen (secondary N) is 1. The molecule has 1 saturated heterocycles. The molecule has 4 atom stereocenters. The zero-order valence-corrected chi connectivity index (χ0v) is 17.3. The predicted octanol–water partition coefficient (Wildman–Crippen LogP) is 3.84. The van der Waals surface area contributed by atoms with Gasteiger partial charge in [-0.25, -0.2) is 0 Å². The number of hydrogen-bond acceptors (Lipinski definition) is 4. The second-order valence-electron chi connectivity index (χ2n) is 8.62. The summed E-state index contributed by atoms with van der Waals surface area (Å²) in [6, 6.07) is 13.2. The van der Waals surface area contributed by atoms with Gasteiger partial charge in [0.15, 0.2) is 5.78 Å². The van der Waals surface area contributed by atoms with Crippen LogP contribution in [0.25, 0.3) is 0 Å². The molecule has 0 spiro atoms. The van der Waals surface area contributed by atoms with Crippen LogP contribution in [0.5, 0.6) is 0 Å². The van der Waals surface area contributed by atoms with Gasteiger partial charge in [0.05, 0.1) is 17.5 Å². The third-order valence-corrected chi connectivity index (χ3v) is 6.80. The molecular formula is C25H22N2O4. The van der Waals surface area contributed by atoms with Crippen molar-refractivity contribution in [2.75, 3.05) is 10.2 Å². The standard InChI is InChI=1S/C25H22N2O4/c1-13-10-17-12-20(13)22-21(17)24(30)27(25(22)31)19-8-6-15(7-9-19)23(29)26-18-5-3-4-16(11-18)14(2)28/h3-11,17,20-22H,12H2,1-2H3,(H,26,29)/t17-,20-,21-,22-/m1/s1. The van der Waals surface area contributed by atoms with Gasteiger partial charge in [-0.3, -0.25) is 24.1 Å². The van der Waals surface area contributed by atoms with Crippen LogP contribution in [-0.2, 0) is 9.59 Å². The van der Waals surface area contributed by atoms with E-state index in [0.717, 1.165) is 6.42 Å². The van der Waals surface area contributed by atoms with Crippen molar-refractivity contribution in [2.45, 2.75) is 20.3 Å². The number of fused-ring (bicyclic) bond motifs is 5. The van der Waals surface area contributed by atoms with Crippen molar-refractivity contribution in [1.29, 1.82) is 0 Å². The minimum absolute atomic E-state index is 0.0796. The summed E-state index contributed by atoms with van der Waals surface area (Å²) in [5, 5.41) is 2.77. The quantitative estimate of drug-likeness (QED) is 0.468. The lowest BCUT2D eigenvalue weighted by atomic mass is 9.82. The summed E-state index contributed by atoms with van der Waals surface area (Å²) < 4.78 is 0. The van der Waals surface area contributed by atoms with Crippen LogP contribution in [0.4, 0.5) is 11.4 Å². The first-order chi connectivity index (χ1) is 14.8. The van der Waals surface area contributed by atoms with Crippen LogP contribution in [-0.4, -0.2) is 23.5 Å². The molecule has 3 aliphatic rings. The Hall–Kier alpha value is -3.54. The largest absolute Gasteiger partial charge is 0.322 e. The molecule has 1 N–H and O–H groups in total. The molecule has 2 bridgehead atoms. The fourth-order valence-corrected chi connectivity index (χ4v) is 5.31. The Morgan fingerprint density at radius 3 is 2.39 bits per heavy atom. The van der Waals surface area contributed by atoms with E-state index in [1.807, 2.05) is 6.92 Å². The number of nitrogens with zero attached hydrogens (tertiary/aromatic N) is 1. The zero-order chi connectivity index (χ0) is 21.9. The van der Waals surface area contributed by atoms with Gasteiger partial charge in [0.2, 0.25) is 11.8 Å². The van der Waals surface area contributed by atoms with E-state index in [1.54, 1.807) is 48.5 Å². The minimum Gasteiger partial charge on any atom is -0.322 e. The number of benzene rings is 2. The maximum Gasteiger partial charge on any atom is 0.255 e. The lowest BCUT2D eigenvalue weighted by Crippen LogP contribution is -2.33. The number of allylic oxidation sites excluding steroid dienone is 2. The summed E-state index contributed by atoms with van der Waals surface area (Å²) in [7, 11) is 0. The van der Waals surface area contributed by atoms with E-state index >= 15 is 0 Å². The lowest BCUT2D eigenvalue weighted by molar-refractivity contribution is -0.123. The second kappa shape index (κ2) is 7.01. The number of anilines is 2. The van der Waals surface area contributed by atoms with E-state index in [-0.39, 0.29) is 47.2 Å². The number of ketones is 1. The van der Waals surface area contributed by atoms with E-state index in [1.165, 1.54) is 17.4 Å². The van der Waals surface area contributed by atoms with Gasteiger partial charge >= 0.3 is 0 Å². The fourth-order valence-electron chi connectivity index (χ4n) is 5.31. The summed E-state index contributed by atoms with van der Waals surface area (Å²) >= 11 is 0. The molecule has 2 aliphatic carbocycles. The average molecular weight is 414 g/mol. The second-order valence-corrected chi connectivity index (χ2v) is 8.62. The molecule has 3 amide bonds. The minimum atomic E-state index is -0.332. The Bertz CT molecular complexity index is 1160. The van der Waals surface area contributed by atoms with Crippen molar-refractivity contribution >= 4 is 34.9 Å². The highest BCUT2D eigenvalue weighted by Crippen LogP contribution is 2.55. The smallest absolute Gasteiger partial charge is 0.255 e. The Balaban J connectivity index is 1.33. The third-order valence-electron chi connectivity index (χ3n) is 6.80. The Labute approximate surface area is 179 Å². The van der Waals surface area contributed by atoms with Gasteiger partial charge in [0, 0.05) is 16.8 Å². The van der Waals surface area contributed by atoms with E-state index in [9.17, 15) is 19.2 Å². The molecule has 0 radical (unpaired) electrons. The Morgan fingerprint density at radius 2 is 1.68 bits per heavy atom. The van der Waals surface area contributed by atoms with E-state index < -0.39 is 0 Å². The molecule has 2 aromatic rings. The summed E-state index contributed by atoms with van der Waals surface area (Å²) in [4.78, 5) is 51.5. The maximum atomic E-state index is 13.1. The molecule has 1 heterocycles. The zero-order valence-electron chi connectivity index (χ0n) is 17.3. The van der Waals surface area contributed by atoms with Crippen LogP contribution in [0.15, 0.2) is 60.2 Å².